The predicted octanol–water partition coefficient (Wildman–Crippen LogP) is 3.04. The molecule has 1 N–H and O–H groups in total. The molecule has 2 aromatic carbocycles. The molecule has 2 aromatic rings. The van der Waals surface area contributed by atoms with Crippen LogP contribution in [0.5, 0.6) is 5.75 Å². The van der Waals surface area contributed by atoms with Crippen LogP contribution < -0.4 is 10.1 Å². The van der Waals surface area contributed by atoms with E-state index in [1.54, 1.807) is 6.07 Å². The molecule has 0 bridgehead atoms. The zero-order valence-corrected chi connectivity index (χ0v) is 13.2. The van der Waals surface area contributed by atoms with Crippen LogP contribution in [0.15, 0.2) is 36.4 Å². The number of hydrogen-bond acceptors (Lipinski definition) is 5. The lowest BCUT2D eigenvalue weighted by molar-refractivity contribution is -0.385. The van der Waals surface area contributed by atoms with Crippen LogP contribution in [0.1, 0.15) is 21.5 Å². The minimum atomic E-state index is -0.663. The zero-order chi connectivity index (χ0) is 17.7. The summed E-state index contributed by atoms with van der Waals surface area (Å²) in [6.45, 7) is 3.51. The molecular formula is C17H16N2O5. The number of amides is 1. The van der Waals surface area contributed by atoms with Gasteiger partial charge in [0.1, 0.15) is 6.29 Å². The molecule has 0 spiro atoms. The number of nitro groups is 1. The molecule has 0 atom stereocenters. The first-order valence-corrected chi connectivity index (χ1v) is 7.14. The van der Waals surface area contributed by atoms with Crippen LogP contribution >= 0.6 is 0 Å². The van der Waals surface area contributed by atoms with E-state index in [1.165, 1.54) is 12.1 Å². The van der Waals surface area contributed by atoms with Crippen molar-refractivity contribution < 1.29 is 19.2 Å². The van der Waals surface area contributed by atoms with Crippen molar-refractivity contribution in [3.63, 3.8) is 0 Å². The number of benzene rings is 2. The van der Waals surface area contributed by atoms with Gasteiger partial charge in [0.2, 0.25) is 0 Å². The lowest BCUT2D eigenvalue weighted by Crippen LogP contribution is -2.20. The Morgan fingerprint density at radius 1 is 1.21 bits per heavy atom. The van der Waals surface area contributed by atoms with E-state index in [2.05, 4.69) is 5.32 Å². The van der Waals surface area contributed by atoms with Crippen LogP contribution in [0.3, 0.4) is 0 Å². The van der Waals surface area contributed by atoms with E-state index >= 15 is 0 Å². The molecule has 7 heteroatoms. The third-order valence-corrected chi connectivity index (χ3v) is 3.47. The number of nitro benzene ring substituents is 1. The lowest BCUT2D eigenvalue weighted by atomic mass is 10.1. The highest BCUT2D eigenvalue weighted by molar-refractivity contribution is 5.92. The summed E-state index contributed by atoms with van der Waals surface area (Å²) in [6, 6.07) is 9.26. The molecule has 24 heavy (non-hydrogen) atoms. The van der Waals surface area contributed by atoms with Gasteiger partial charge in [-0.25, -0.2) is 0 Å². The summed E-state index contributed by atoms with van der Waals surface area (Å²) in [4.78, 5) is 33.0. The van der Waals surface area contributed by atoms with Crippen molar-refractivity contribution in [1.29, 1.82) is 0 Å². The van der Waals surface area contributed by atoms with Crippen LogP contribution in [0.4, 0.5) is 11.4 Å². The van der Waals surface area contributed by atoms with Gasteiger partial charge in [-0.15, -0.1) is 0 Å². The normalized spacial score (nSPS) is 10.1. The molecule has 124 valence electrons. The molecule has 0 saturated carbocycles. The molecule has 0 aliphatic heterocycles. The SMILES string of the molecule is Cc1ccc(NC(=O)COc2ccc(C=O)cc2[N+](=O)[O-])cc1C. The number of ether oxygens (including phenoxy) is 1. The lowest BCUT2D eigenvalue weighted by Gasteiger charge is -2.09. The van der Waals surface area contributed by atoms with Gasteiger partial charge < -0.3 is 10.1 Å². The van der Waals surface area contributed by atoms with Gasteiger partial charge in [-0.05, 0) is 49.2 Å². The van der Waals surface area contributed by atoms with E-state index in [9.17, 15) is 19.7 Å². The van der Waals surface area contributed by atoms with Crippen molar-refractivity contribution in [1.82, 2.24) is 0 Å². The molecule has 0 fully saturated rings. The maximum atomic E-state index is 11.9. The van der Waals surface area contributed by atoms with Crippen molar-refractivity contribution in [2.24, 2.45) is 0 Å². The highest BCUT2D eigenvalue weighted by atomic mass is 16.6. The smallest absolute Gasteiger partial charge is 0.311 e. The number of aldehydes is 1. The molecule has 0 heterocycles. The quantitative estimate of drug-likeness (QED) is 0.499. The van der Waals surface area contributed by atoms with Crippen molar-refractivity contribution in [2.45, 2.75) is 13.8 Å². The largest absolute Gasteiger partial charge is 0.477 e. The van der Waals surface area contributed by atoms with E-state index < -0.39 is 10.8 Å². The van der Waals surface area contributed by atoms with E-state index in [0.717, 1.165) is 17.2 Å². The molecule has 1 amide bonds. The van der Waals surface area contributed by atoms with Crippen LogP contribution in [0.25, 0.3) is 0 Å². The molecule has 0 saturated heterocycles. The number of nitrogens with one attached hydrogen (secondary N) is 1. The Bertz CT molecular complexity index is 802. The number of hydrogen-bond donors (Lipinski definition) is 1. The average Bonchev–Trinajstić information content (AvgIpc) is 2.56. The first-order chi connectivity index (χ1) is 11.4. The van der Waals surface area contributed by atoms with Crippen LogP contribution in [0, 0.1) is 24.0 Å². The molecule has 0 radical (unpaired) electrons. The maximum Gasteiger partial charge on any atom is 0.311 e. The summed E-state index contributed by atoms with van der Waals surface area (Å²) in [7, 11) is 0. The highest BCUT2D eigenvalue weighted by Gasteiger charge is 2.17. The van der Waals surface area contributed by atoms with Crippen LogP contribution in [-0.2, 0) is 4.79 Å². The van der Waals surface area contributed by atoms with Crippen molar-refractivity contribution >= 4 is 23.6 Å². The number of nitrogens with zero attached hydrogens (tertiary/aromatic N) is 1. The van der Waals surface area contributed by atoms with Crippen molar-refractivity contribution in [2.75, 3.05) is 11.9 Å². The molecule has 7 nitrogen and oxygen atoms in total. The number of rotatable bonds is 6. The minimum Gasteiger partial charge on any atom is -0.477 e. The van der Waals surface area contributed by atoms with Gasteiger partial charge in [-0.1, -0.05) is 6.07 Å². The number of carbonyl (C=O) groups is 2. The first-order valence-electron chi connectivity index (χ1n) is 7.14. The van der Waals surface area contributed by atoms with Gasteiger partial charge in [0, 0.05) is 17.3 Å². The summed E-state index contributed by atoms with van der Waals surface area (Å²) in [6.07, 6.45) is 0.503. The second-order valence-corrected chi connectivity index (χ2v) is 5.24. The fraction of sp³-hybridized carbons (Fsp3) is 0.176. The molecule has 0 aliphatic carbocycles. The Labute approximate surface area is 138 Å². The summed E-state index contributed by atoms with van der Waals surface area (Å²) >= 11 is 0. The fourth-order valence-electron chi connectivity index (χ4n) is 2.03. The third-order valence-electron chi connectivity index (χ3n) is 3.47. The topological polar surface area (TPSA) is 98.5 Å². The van der Waals surface area contributed by atoms with E-state index in [0.29, 0.717) is 12.0 Å². The van der Waals surface area contributed by atoms with Crippen molar-refractivity contribution in [3.8, 4) is 5.75 Å². The molecular weight excluding hydrogens is 312 g/mol. The zero-order valence-electron chi connectivity index (χ0n) is 13.2. The summed E-state index contributed by atoms with van der Waals surface area (Å²) in [5, 5.41) is 13.7. The maximum absolute atomic E-state index is 11.9. The van der Waals surface area contributed by atoms with E-state index in [-0.39, 0.29) is 23.6 Å². The monoisotopic (exact) mass is 328 g/mol. The van der Waals surface area contributed by atoms with Crippen LogP contribution in [-0.4, -0.2) is 23.7 Å². The summed E-state index contributed by atoms with van der Waals surface area (Å²) < 4.78 is 5.22. The Balaban J connectivity index is 2.04. The van der Waals surface area contributed by atoms with E-state index in [1.807, 2.05) is 26.0 Å². The molecule has 0 unspecified atom stereocenters. The highest BCUT2D eigenvalue weighted by Crippen LogP contribution is 2.27. The van der Waals surface area contributed by atoms with Crippen LogP contribution in [0.2, 0.25) is 0 Å². The van der Waals surface area contributed by atoms with E-state index in [4.69, 9.17) is 4.74 Å². The predicted molar refractivity (Wildman–Crippen MR) is 88.5 cm³/mol. The third kappa shape index (κ3) is 4.16. The molecule has 0 aliphatic rings. The first kappa shape index (κ1) is 17.1. The second kappa shape index (κ2) is 7.36. The summed E-state index contributed by atoms with van der Waals surface area (Å²) in [5.74, 6) is -0.507. The Hall–Kier alpha value is -3.22. The van der Waals surface area contributed by atoms with Gasteiger partial charge in [0.15, 0.2) is 12.4 Å². The minimum absolute atomic E-state index is 0.0687. The number of carbonyl (C=O) groups excluding carboxylic acids is 2. The summed E-state index contributed by atoms with van der Waals surface area (Å²) in [5.41, 5.74) is 2.56. The van der Waals surface area contributed by atoms with Gasteiger partial charge in [-0.3, -0.25) is 19.7 Å². The second-order valence-electron chi connectivity index (χ2n) is 5.24. The van der Waals surface area contributed by atoms with Gasteiger partial charge in [-0.2, -0.15) is 0 Å². The van der Waals surface area contributed by atoms with Crippen molar-refractivity contribution in [3.05, 3.63) is 63.2 Å². The molecule has 2 rings (SSSR count). The Morgan fingerprint density at radius 3 is 2.58 bits per heavy atom. The average molecular weight is 328 g/mol. The molecule has 0 aromatic heterocycles. The number of anilines is 1. The van der Waals surface area contributed by atoms with Gasteiger partial charge >= 0.3 is 5.69 Å². The Kier molecular flexibility index (Phi) is 5.26. The number of aryl methyl sites for hydroxylation is 2. The standard InChI is InChI=1S/C17H16N2O5/c1-11-3-5-14(7-12(11)2)18-17(21)10-24-16-6-4-13(9-20)8-15(16)19(22)23/h3-9H,10H2,1-2H3,(H,18,21). The fourth-order valence-corrected chi connectivity index (χ4v) is 2.03. The van der Waals surface area contributed by atoms with Gasteiger partial charge in [0.25, 0.3) is 5.91 Å². The Morgan fingerprint density at radius 2 is 1.96 bits per heavy atom. The van der Waals surface area contributed by atoms with Gasteiger partial charge in [0.05, 0.1) is 4.92 Å².